The van der Waals surface area contributed by atoms with Crippen molar-refractivity contribution in [3.05, 3.63) is 18.2 Å². The fraction of sp³-hybridized carbons (Fsp3) is 0.615. The number of rotatable bonds is 8. The van der Waals surface area contributed by atoms with Gasteiger partial charge >= 0.3 is 0 Å². The number of hydrogen-bond donors (Lipinski definition) is 3. The van der Waals surface area contributed by atoms with Gasteiger partial charge in [0.05, 0.1) is 18.4 Å². The number of carbonyl (C=O) groups is 2. The fourth-order valence-electron chi connectivity index (χ4n) is 1.88. The molecule has 0 saturated carbocycles. The molecule has 0 radical (unpaired) electrons. The minimum absolute atomic E-state index is 0.171. The first-order chi connectivity index (χ1) is 9.06. The highest BCUT2D eigenvalue weighted by Crippen LogP contribution is 2.04. The van der Waals surface area contributed by atoms with E-state index in [0.717, 1.165) is 12.0 Å². The van der Waals surface area contributed by atoms with E-state index in [1.165, 1.54) is 0 Å². The molecule has 6 nitrogen and oxygen atoms in total. The van der Waals surface area contributed by atoms with Gasteiger partial charge in [-0.05, 0) is 19.4 Å². The number of likely N-dealkylation sites (N-methyl/N-ethyl adjacent to an activating group) is 1. The second kappa shape index (κ2) is 7.68. The van der Waals surface area contributed by atoms with Crippen molar-refractivity contribution in [2.45, 2.75) is 38.8 Å². The van der Waals surface area contributed by atoms with Gasteiger partial charge in [-0.1, -0.05) is 13.8 Å². The van der Waals surface area contributed by atoms with Crippen molar-refractivity contribution in [1.82, 2.24) is 20.6 Å². The first-order valence-electron chi connectivity index (χ1n) is 6.47. The van der Waals surface area contributed by atoms with E-state index in [-0.39, 0.29) is 11.9 Å². The van der Waals surface area contributed by atoms with E-state index < -0.39 is 6.04 Å². The molecule has 19 heavy (non-hydrogen) atoms. The maximum atomic E-state index is 12.1. The predicted octanol–water partition coefficient (Wildman–Crippen LogP) is 0.270. The predicted molar refractivity (Wildman–Crippen MR) is 72.6 cm³/mol. The lowest BCUT2D eigenvalue weighted by molar-refractivity contribution is -0.125. The topological polar surface area (TPSA) is 86.9 Å². The van der Waals surface area contributed by atoms with Crippen LogP contribution < -0.4 is 10.6 Å². The Kier molecular flexibility index (Phi) is 6.21. The quantitative estimate of drug-likeness (QED) is 0.589. The second-order valence-electron chi connectivity index (χ2n) is 5.00. The Bertz CT molecular complexity index is 389. The average Bonchev–Trinajstić information content (AvgIpc) is 2.87. The minimum atomic E-state index is -0.426. The standard InChI is InChI=1S/C13H22N4O2/c1-9(2)4-11(7-18)17-13(19)12(14-3)5-10-6-15-8-16-10/h6-9,11-12,14H,4-5H2,1-3H3,(H,15,16)(H,17,19)/t11-,12+/m0/s1. The van der Waals surface area contributed by atoms with E-state index in [2.05, 4.69) is 20.6 Å². The van der Waals surface area contributed by atoms with Gasteiger partial charge < -0.3 is 20.4 Å². The Morgan fingerprint density at radius 1 is 1.53 bits per heavy atom. The molecule has 0 spiro atoms. The summed E-state index contributed by atoms with van der Waals surface area (Å²) in [5.41, 5.74) is 0.876. The average molecular weight is 266 g/mol. The number of aldehydes is 1. The van der Waals surface area contributed by atoms with E-state index in [1.807, 2.05) is 13.8 Å². The van der Waals surface area contributed by atoms with Crippen molar-refractivity contribution in [3.63, 3.8) is 0 Å². The summed E-state index contributed by atoms with van der Waals surface area (Å²) in [7, 11) is 1.72. The zero-order valence-electron chi connectivity index (χ0n) is 11.6. The summed E-state index contributed by atoms with van der Waals surface area (Å²) < 4.78 is 0. The molecule has 0 saturated heterocycles. The van der Waals surface area contributed by atoms with Crippen LogP contribution in [0, 0.1) is 5.92 Å². The van der Waals surface area contributed by atoms with Gasteiger partial charge in [-0.15, -0.1) is 0 Å². The molecule has 106 valence electrons. The number of carbonyl (C=O) groups excluding carboxylic acids is 2. The lowest BCUT2D eigenvalue weighted by Crippen LogP contribution is -2.48. The van der Waals surface area contributed by atoms with Crippen LogP contribution >= 0.6 is 0 Å². The smallest absolute Gasteiger partial charge is 0.238 e. The third-order valence-electron chi connectivity index (χ3n) is 2.86. The van der Waals surface area contributed by atoms with Crippen LogP contribution in [-0.2, 0) is 16.0 Å². The van der Waals surface area contributed by atoms with Gasteiger partial charge in [0.25, 0.3) is 0 Å². The van der Waals surface area contributed by atoms with Crippen molar-refractivity contribution in [2.24, 2.45) is 5.92 Å². The van der Waals surface area contributed by atoms with Crippen LogP contribution in [0.4, 0.5) is 0 Å². The molecule has 1 aromatic heterocycles. The van der Waals surface area contributed by atoms with Crippen molar-refractivity contribution >= 4 is 12.2 Å². The summed E-state index contributed by atoms with van der Waals surface area (Å²) in [5, 5.41) is 5.70. The summed E-state index contributed by atoms with van der Waals surface area (Å²) >= 11 is 0. The number of imidazole rings is 1. The number of nitrogens with zero attached hydrogens (tertiary/aromatic N) is 1. The van der Waals surface area contributed by atoms with Crippen LogP contribution in [0.3, 0.4) is 0 Å². The molecule has 1 heterocycles. The Labute approximate surface area is 113 Å². The van der Waals surface area contributed by atoms with E-state index in [1.54, 1.807) is 19.6 Å². The van der Waals surface area contributed by atoms with Crippen molar-refractivity contribution < 1.29 is 9.59 Å². The molecule has 0 aliphatic rings. The van der Waals surface area contributed by atoms with Crippen LogP contribution in [-0.4, -0.2) is 41.3 Å². The lowest BCUT2D eigenvalue weighted by Gasteiger charge is -2.19. The van der Waals surface area contributed by atoms with Gasteiger partial charge in [-0.3, -0.25) is 4.79 Å². The number of aromatic amines is 1. The number of nitrogens with one attached hydrogen (secondary N) is 3. The van der Waals surface area contributed by atoms with Crippen molar-refractivity contribution in [2.75, 3.05) is 7.05 Å². The van der Waals surface area contributed by atoms with E-state index in [9.17, 15) is 9.59 Å². The number of aromatic nitrogens is 2. The molecule has 0 bridgehead atoms. The molecule has 0 unspecified atom stereocenters. The Morgan fingerprint density at radius 2 is 2.26 bits per heavy atom. The van der Waals surface area contributed by atoms with E-state index >= 15 is 0 Å². The van der Waals surface area contributed by atoms with Gasteiger partial charge in [0.1, 0.15) is 6.29 Å². The molecule has 2 atom stereocenters. The van der Waals surface area contributed by atoms with Gasteiger partial charge in [-0.2, -0.15) is 0 Å². The zero-order chi connectivity index (χ0) is 14.3. The van der Waals surface area contributed by atoms with Crippen molar-refractivity contribution in [3.8, 4) is 0 Å². The summed E-state index contributed by atoms with van der Waals surface area (Å²) in [6, 6.07) is -0.805. The second-order valence-corrected chi connectivity index (χ2v) is 5.00. The summed E-state index contributed by atoms with van der Waals surface area (Å²) in [6.45, 7) is 4.03. The molecular weight excluding hydrogens is 244 g/mol. The largest absolute Gasteiger partial charge is 0.348 e. The first-order valence-corrected chi connectivity index (χ1v) is 6.47. The molecule has 1 rings (SSSR count). The zero-order valence-corrected chi connectivity index (χ0v) is 11.6. The third kappa shape index (κ3) is 5.21. The Balaban J connectivity index is 2.55. The molecule has 0 aliphatic heterocycles. The fourth-order valence-corrected chi connectivity index (χ4v) is 1.88. The van der Waals surface area contributed by atoms with Crippen LogP contribution in [0.1, 0.15) is 26.0 Å². The highest BCUT2D eigenvalue weighted by atomic mass is 16.2. The van der Waals surface area contributed by atoms with Crippen molar-refractivity contribution in [1.29, 1.82) is 0 Å². The molecule has 0 fully saturated rings. The molecule has 1 aromatic rings. The number of hydrogen-bond acceptors (Lipinski definition) is 4. The molecule has 6 heteroatoms. The normalized spacial score (nSPS) is 14.1. The maximum Gasteiger partial charge on any atom is 0.238 e. The molecule has 1 amide bonds. The Morgan fingerprint density at radius 3 is 2.74 bits per heavy atom. The van der Waals surface area contributed by atoms with Crippen LogP contribution in [0.15, 0.2) is 12.5 Å². The minimum Gasteiger partial charge on any atom is -0.348 e. The molecule has 0 aliphatic carbocycles. The third-order valence-corrected chi connectivity index (χ3v) is 2.86. The van der Waals surface area contributed by atoms with E-state index in [4.69, 9.17) is 0 Å². The monoisotopic (exact) mass is 266 g/mol. The molecular formula is C13H22N4O2. The van der Waals surface area contributed by atoms with Gasteiger partial charge in [-0.25, -0.2) is 4.98 Å². The van der Waals surface area contributed by atoms with Crippen LogP contribution in [0.25, 0.3) is 0 Å². The maximum absolute atomic E-state index is 12.1. The molecule has 3 N–H and O–H groups in total. The number of amides is 1. The molecule has 0 aromatic carbocycles. The first kappa shape index (κ1) is 15.4. The van der Waals surface area contributed by atoms with Gasteiger partial charge in [0, 0.05) is 18.3 Å². The van der Waals surface area contributed by atoms with Crippen LogP contribution in [0.5, 0.6) is 0 Å². The highest BCUT2D eigenvalue weighted by molar-refractivity contribution is 5.84. The summed E-state index contributed by atoms with van der Waals surface area (Å²) in [5.74, 6) is 0.186. The number of H-pyrrole nitrogens is 1. The lowest BCUT2D eigenvalue weighted by atomic mass is 10.0. The van der Waals surface area contributed by atoms with Crippen LogP contribution in [0.2, 0.25) is 0 Å². The van der Waals surface area contributed by atoms with Gasteiger partial charge in [0.2, 0.25) is 5.91 Å². The summed E-state index contributed by atoms with van der Waals surface area (Å²) in [4.78, 5) is 29.9. The van der Waals surface area contributed by atoms with Gasteiger partial charge in [0.15, 0.2) is 0 Å². The Hall–Kier alpha value is -1.69. The highest BCUT2D eigenvalue weighted by Gasteiger charge is 2.21. The SMILES string of the molecule is CN[C@H](Cc1cnc[nH]1)C(=O)N[C@H](C=O)CC(C)C. The summed E-state index contributed by atoms with van der Waals surface area (Å²) in [6.07, 6.45) is 5.21. The van der Waals surface area contributed by atoms with E-state index in [0.29, 0.717) is 18.8 Å².